The van der Waals surface area contributed by atoms with Crippen LogP contribution in [0, 0.1) is 6.92 Å². The van der Waals surface area contributed by atoms with E-state index in [4.69, 9.17) is 5.73 Å². The first kappa shape index (κ1) is 30.9. The number of alkyl halides is 2. The van der Waals surface area contributed by atoms with E-state index in [0.717, 1.165) is 28.8 Å². The van der Waals surface area contributed by atoms with Crippen LogP contribution in [0.5, 0.6) is 0 Å². The van der Waals surface area contributed by atoms with Gasteiger partial charge in [-0.05, 0) is 62.7 Å². The molecule has 0 radical (unpaired) electrons. The molecule has 0 aliphatic heterocycles. The number of aryl methyl sites for hydroxylation is 1. The number of nitrogens with two attached hydrogens (primary N) is 2. The van der Waals surface area contributed by atoms with Crippen molar-refractivity contribution in [3.63, 3.8) is 0 Å². The van der Waals surface area contributed by atoms with E-state index in [1.54, 1.807) is 17.8 Å². The Morgan fingerprint density at radius 1 is 1.13 bits per heavy atom. The van der Waals surface area contributed by atoms with Gasteiger partial charge in [0, 0.05) is 25.0 Å². The van der Waals surface area contributed by atoms with E-state index >= 15 is 0 Å². The third-order valence-electron chi connectivity index (χ3n) is 6.42. The zero-order chi connectivity index (χ0) is 28.1. The number of halogens is 2. The van der Waals surface area contributed by atoms with Crippen LogP contribution in [-0.4, -0.2) is 47.9 Å². The van der Waals surface area contributed by atoms with Crippen LogP contribution in [0.3, 0.4) is 0 Å². The summed E-state index contributed by atoms with van der Waals surface area (Å²) in [6.07, 6.45) is 13.1. The van der Waals surface area contributed by atoms with Crippen molar-refractivity contribution in [3.8, 4) is 11.1 Å². The monoisotopic (exact) mass is 527 g/mol. The number of nitrogens with zero attached hydrogens (tertiary/aromatic N) is 5. The highest BCUT2D eigenvalue weighted by Gasteiger charge is 2.19. The number of hydrogen-bond acceptors (Lipinski definition) is 6. The second-order valence-corrected chi connectivity index (χ2v) is 9.36. The maximum Gasteiger partial charge on any atom is 0.255 e. The minimum atomic E-state index is -2.49. The first-order chi connectivity index (χ1) is 18.3. The number of allylic oxidation sites excluding steroid dienone is 2. The average Bonchev–Trinajstić information content (AvgIpc) is 3.34. The molecule has 0 atom stereocenters. The van der Waals surface area contributed by atoms with Crippen molar-refractivity contribution in [1.82, 2.24) is 14.6 Å². The van der Waals surface area contributed by atoms with Crippen molar-refractivity contribution in [3.05, 3.63) is 47.7 Å². The van der Waals surface area contributed by atoms with Crippen molar-refractivity contribution in [2.24, 2.45) is 10.7 Å². The summed E-state index contributed by atoms with van der Waals surface area (Å²) < 4.78 is 27.5. The molecular weight excluding hydrogens is 484 g/mol. The number of aliphatic imine (C=N–C) groups is 1. The Bertz CT molecular complexity index is 1190. The SMILES string of the molecule is C1CCCCC1.CC/C(C)=C/C=Nc1ccc(-c2ccn3nc(N)nc(N(C)CC(F)F)c23)cc1C.CN. The van der Waals surface area contributed by atoms with Gasteiger partial charge < -0.3 is 16.4 Å². The van der Waals surface area contributed by atoms with E-state index in [0.29, 0.717) is 11.3 Å². The largest absolute Gasteiger partial charge is 0.366 e. The summed E-state index contributed by atoms with van der Waals surface area (Å²) in [5, 5.41) is 4.19. The molecule has 1 aromatic carbocycles. The highest BCUT2D eigenvalue weighted by atomic mass is 19.3. The molecule has 1 aliphatic carbocycles. The van der Waals surface area contributed by atoms with Crippen molar-refractivity contribution in [2.75, 3.05) is 31.3 Å². The number of benzene rings is 1. The summed E-state index contributed by atoms with van der Waals surface area (Å²) in [6, 6.07) is 7.80. The average molecular weight is 528 g/mol. The van der Waals surface area contributed by atoms with Crippen LogP contribution in [0.4, 0.5) is 26.2 Å². The lowest BCUT2D eigenvalue weighted by molar-refractivity contribution is 0.156. The van der Waals surface area contributed by atoms with Crippen LogP contribution in [-0.2, 0) is 0 Å². The Hall–Kier alpha value is -3.33. The van der Waals surface area contributed by atoms with Crippen LogP contribution in [0.25, 0.3) is 16.6 Å². The quantitative estimate of drug-likeness (QED) is 0.324. The third-order valence-corrected chi connectivity index (χ3v) is 6.42. The molecule has 2 aromatic heterocycles. The fraction of sp³-hybridized carbons (Fsp3) is 0.483. The van der Waals surface area contributed by atoms with Gasteiger partial charge in [0.2, 0.25) is 5.95 Å². The van der Waals surface area contributed by atoms with Gasteiger partial charge >= 0.3 is 0 Å². The second kappa shape index (κ2) is 15.8. The molecule has 1 fully saturated rings. The lowest BCUT2D eigenvalue weighted by Crippen LogP contribution is -2.26. The van der Waals surface area contributed by atoms with Gasteiger partial charge in [0.05, 0.1) is 12.2 Å². The number of aromatic nitrogens is 3. The maximum absolute atomic E-state index is 13.0. The summed E-state index contributed by atoms with van der Waals surface area (Å²) in [4.78, 5) is 10.2. The van der Waals surface area contributed by atoms with E-state index in [2.05, 4.69) is 34.7 Å². The number of hydrogen-bond donors (Lipinski definition) is 2. The molecule has 2 heterocycles. The summed E-state index contributed by atoms with van der Waals surface area (Å²) in [5.41, 5.74) is 15.8. The molecule has 1 saturated carbocycles. The zero-order valence-electron chi connectivity index (χ0n) is 23.4. The first-order valence-electron chi connectivity index (χ1n) is 13.3. The minimum Gasteiger partial charge on any atom is -0.366 e. The molecule has 1 aliphatic rings. The predicted molar refractivity (Wildman–Crippen MR) is 157 cm³/mol. The van der Waals surface area contributed by atoms with E-state index in [1.807, 2.05) is 43.5 Å². The van der Waals surface area contributed by atoms with Gasteiger partial charge in [0.15, 0.2) is 5.82 Å². The highest BCUT2D eigenvalue weighted by Crippen LogP contribution is 2.34. The Morgan fingerprint density at radius 3 is 2.32 bits per heavy atom. The molecule has 4 rings (SSSR count). The number of anilines is 2. The van der Waals surface area contributed by atoms with Crippen molar-refractivity contribution in [2.45, 2.75) is 72.1 Å². The highest BCUT2D eigenvalue weighted by molar-refractivity contribution is 5.90. The first-order valence-corrected chi connectivity index (χ1v) is 13.3. The Labute approximate surface area is 225 Å². The maximum atomic E-state index is 13.0. The van der Waals surface area contributed by atoms with Crippen LogP contribution in [0.2, 0.25) is 0 Å². The van der Waals surface area contributed by atoms with Gasteiger partial charge in [0.1, 0.15) is 5.52 Å². The Kier molecular flexibility index (Phi) is 12.9. The van der Waals surface area contributed by atoms with Gasteiger partial charge in [-0.15, -0.1) is 5.10 Å². The van der Waals surface area contributed by atoms with E-state index in [9.17, 15) is 8.78 Å². The molecule has 0 bridgehead atoms. The lowest BCUT2D eigenvalue weighted by Gasteiger charge is -2.19. The van der Waals surface area contributed by atoms with Crippen molar-refractivity contribution in [1.29, 1.82) is 0 Å². The number of nitrogen functional groups attached to an aromatic ring is 1. The third kappa shape index (κ3) is 8.90. The number of fused-ring (bicyclic) bond motifs is 1. The van der Waals surface area contributed by atoms with Gasteiger partial charge in [-0.25, -0.2) is 13.3 Å². The van der Waals surface area contributed by atoms with E-state index in [-0.39, 0.29) is 5.95 Å². The fourth-order valence-corrected chi connectivity index (χ4v) is 4.21. The molecule has 0 saturated heterocycles. The molecule has 0 spiro atoms. The Balaban J connectivity index is 0.000000548. The summed E-state index contributed by atoms with van der Waals surface area (Å²) in [5.74, 6) is 0.389. The molecule has 0 unspecified atom stereocenters. The van der Waals surface area contributed by atoms with Crippen molar-refractivity contribution < 1.29 is 8.78 Å². The summed E-state index contributed by atoms with van der Waals surface area (Å²) in [6.45, 7) is 5.71. The molecule has 7 nitrogen and oxygen atoms in total. The van der Waals surface area contributed by atoms with E-state index < -0.39 is 13.0 Å². The molecule has 4 N–H and O–H groups in total. The van der Waals surface area contributed by atoms with Crippen LogP contribution in [0.15, 0.2) is 47.1 Å². The minimum absolute atomic E-state index is 0.0251. The van der Waals surface area contributed by atoms with Crippen LogP contribution < -0.4 is 16.4 Å². The second-order valence-electron chi connectivity index (χ2n) is 9.36. The zero-order valence-corrected chi connectivity index (χ0v) is 23.4. The van der Waals surface area contributed by atoms with Gasteiger partial charge in [0.25, 0.3) is 6.43 Å². The van der Waals surface area contributed by atoms with Gasteiger partial charge in [-0.2, -0.15) is 4.98 Å². The molecule has 208 valence electrons. The lowest BCUT2D eigenvalue weighted by atomic mass is 10.0. The Morgan fingerprint density at radius 2 is 1.76 bits per heavy atom. The summed E-state index contributed by atoms with van der Waals surface area (Å²) >= 11 is 0. The van der Waals surface area contributed by atoms with Gasteiger partial charge in [-0.3, -0.25) is 4.99 Å². The van der Waals surface area contributed by atoms with Gasteiger partial charge in [-0.1, -0.05) is 57.1 Å². The fourth-order valence-electron chi connectivity index (χ4n) is 4.21. The van der Waals surface area contributed by atoms with E-state index in [1.165, 1.54) is 56.0 Å². The smallest absolute Gasteiger partial charge is 0.255 e. The predicted octanol–water partition coefficient (Wildman–Crippen LogP) is 6.96. The molecule has 9 heteroatoms. The van der Waals surface area contributed by atoms with Crippen molar-refractivity contribution >= 4 is 29.2 Å². The van der Waals surface area contributed by atoms with Crippen LogP contribution >= 0.6 is 0 Å². The normalized spacial score (nSPS) is 13.8. The molecule has 38 heavy (non-hydrogen) atoms. The molecule has 0 amide bonds. The standard InChI is InChI=1S/C22H26F2N6.C6H12.CH5N/c1-5-14(2)8-10-26-18-7-6-16(12-15(18)3)17-9-11-30-20(17)21(27-22(25)28-30)29(4)13-19(23)24;1-2-4-6-5-3-1;1-2/h6-12,19H,5,13H2,1-4H3,(H2,25,28);1-6H2;2H2,1H3/b14-8+,26-10?;;. The molecule has 3 aromatic rings. The topological polar surface area (TPSA) is 97.8 Å². The van der Waals surface area contributed by atoms with Crippen LogP contribution in [0.1, 0.15) is 64.4 Å². The molecular formula is C29H43F2N7. The summed E-state index contributed by atoms with van der Waals surface area (Å²) in [7, 11) is 3.07. The number of rotatable bonds is 7.